The molecule has 4 heteroatoms. The Balaban J connectivity index is 2.35. The minimum atomic E-state index is 0.595. The molecule has 0 radical (unpaired) electrons. The third-order valence-corrected chi connectivity index (χ3v) is 8.00. The Bertz CT molecular complexity index is 581. The van der Waals surface area contributed by atoms with Gasteiger partial charge in [0.05, 0.1) is 20.8 Å². The molecule has 0 bridgehead atoms. The molecule has 0 saturated carbocycles. The molecule has 0 aromatic heterocycles. The van der Waals surface area contributed by atoms with Gasteiger partial charge in [0, 0.05) is 13.1 Å². The highest BCUT2D eigenvalue weighted by atomic mass is 35.5. The van der Waals surface area contributed by atoms with Gasteiger partial charge in [0.25, 0.3) is 0 Å². The summed E-state index contributed by atoms with van der Waals surface area (Å²) >= 11 is 19.5. The normalized spacial score (nSPS) is 11.3. The molecule has 0 aliphatic carbocycles. The number of rotatable bonds is 23. The number of hydrogen-bond acceptors (Lipinski definition) is 1. The number of halogens is 3. The van der Waals surface area contributed by atoms with Crippen LogP contribution in [-0.4, -0.2) is 13.1 Å². The van der Waals surface area contributed by atoms with Crippen LogP contribution in [0.1, 0.15) is 142 Å². The lowest BCUT2D eigenvalue weighted by molar-refractivity contribution is 0.543. The molecular formula is C30H52Cl3N. The first-order valence-electron chi connectivity index (χ1n) is 14.5. The molecule has 0 spiro atoms. The molecule has 0 saturated heterocycles. The zero-order valence-corrected chi connectivity index (χ0v) is 24.6. The topological polar surface area (TPSA) is 3.24 Å². The van der Waals surface area contributed by atoms with Gasteiger partial charge in [-0.2, -0.15) is 0 Å². The van der Waals surface area contributed by atoms with Crippen LogP contribution in [0.5, 0.6) is 0 Å². The van der Waals surface area contributed by atoms with Gasteiger partial charge in [0.2, 0.25) is 0 Å². The summed E-state index contributed by atoms with van der Waals surface area (Å²) in [5.41, 5.74) is 0.933. The van der Waals surface area contributed by atoms with E-state index in [1.54, 1.807) is 6.07 Å². The Morgan fingerprint density at radius 2 is 0.794 bits per heavy atom. The van der Waals surface area contributed by atoms with Crippen LogP contribution in [0.25, 0.3) is 0 Å². The van der Waals surface area contributed by atoms with Gasteiger partial charge in [-0.25, -0.2) is 0 Å². The third-order valence-electron chi connectivity index (χ3n) is 6.90. The Morgan fingerprint density at radius 1 is 0.471 bits per heavy atom. The van der Waals surface area contributed by atoms with Crippen molar-refractivity contribution in [2.45, 2.75) is 142 Å². The summed E-state index contributed by atoms with van der Waals surface area (Å²) < 4.78 is 0. The van der Waals surface area contributed by atoms with Crippen LogP contribution in [0.2, 0.25) is 15.1 Å². The maximum Gasteiger partial charge on any atom is 0.0841 e. The second kappa shape index (κ2) is 22.1. The number of benzene rings is 1. The SMILES string of the molecule is CCCCCCCCCCCCN(CCCCCCCCCCCC)c1c(Cl)ccc(Cl)c1Cl. The summed E-state index contributed by atoms with van der Waals surface area (Å²) in [5.74, 6) is 0. The molecule has 1 rings (SSSR count). The van der Waals surface area contributed by atoms with Crippen molar-refractivity contribution in [2.24, 2.45) is 0 Å². The Morgan fingerprint density at radius 3 is 1.18 bits per heavy atom. The third kappa shape index (κ3) is 15.1. The lowest BCUT2D eigenvalue weighted by Crippen LogP contribution is -2.26. The van der Waals surface area contributed by atoms with Gasteiger partial charge >= 0.3 is 0 Å². The molecule has 0 unspecified atom stereocenters. The zero-order chi connectivity index (χ0) is 24.9. The van der Waals surface area contributed by atoms with E-state index >= 15 is 0 Å². The Kier molecular flexibility index (Phi) is 20.8. The molecule has 198 valence electrons. The van der Waals surface area contributed by atoms with E-state index in [0.29, 0.717) is 15.1 Å². The largest absolute Gasteiger partial charge is 0.369 e. The Hall–Kier alpha value is -0.110. The van der Waals surface area contributed by atoms with Crippen LogP contribution < -0.4 is 4.90 Å². The van der Waals surface area contributed by atoms with Gasteiger partial charge in [-0.15, -0.1) is 0 Å². The first-order valence-corrected chi connectivity index (χ1v) is 15.6. The second-order valence-electron chi connectivity index (χ2n) is 10.0. The minimum Gasteiger partial charge on any atom is -0.369 e. The molecule has 0 atom stereocenters. The van der Waals surface area contributed by atoms with E-state index < -0.39 is 0 Å². The fraction of sp³-hybridized carbons (Fsp3) is 0.800. The van der Waals surface area contributed by atoms with E-state index in [1.807, 2.05) is 6.07 Å². The standard InChI is InChI=1S/C30H52Cl3N/c1-3-5-7-9-11-13-15-17-19-21-25-34(30-28(32)24-23-27(31)29(30)33)26-22-20-18-16-14-12-10-8-6-4-2/h23-24H,3-22,25-26H2,1-2H3. The average molecular weight is 533 g/mol. The summed E-state index contributed by atoms with van der Waals surface area (Å²) in [4.78, 5) is 2.39. The molecule has 0 fully saturated rings. The summed E-state index contributed by atoms with van der Waals surface area (Å²) in [6, 6.07) is 3.68. The van der Waals surface area contributed by atoms with Crippen molar-refractivity contribution in [3.63, 3.8) is 0 Å². The predicted molar refractivity (Wildman–Crippen MR) is 157 cm³/mol. The molecule has 1 aromatic rings. The minimum absolute atomic E-state index is 0.595. The van der Waals surface area contributed by atoms with E-state index in [9.17, 15) is 0 Å². The lowest BCUT2D eigenvalue weighted by atomic mass is 10.1. The first kappa shape index (κ1) is 31.9. The van der Waals surface area contributed by atoms with Gasteiger partial charge in [0.15, 0.2) is 0 Å². The summed E-state index contributed by atoms with van der Waals surface area (Å²) in [7, 11) is 0. The molecule has 0 N–H and O–H groups in total. The molecule has 0 heterocycles. The fourth-order valence-corrected chi connectivity index (χ4v) is 5.48. The summed E-state index contributed by atoms with van der Waals surface area (Å²) in [5, 5.41) is 1.92. The van der Waals surface area contributed by atoms with Crippen LogP contribution >= 0.6 is 34.8 Å². The van der Waals surface area contributed by atoms with Crippen molar-refractivity contribution in [1.82, 2.24) is 0 Å². The van der Waals surface area contributed by atoms with E-state index in [2.05, 4.69) is 18.7 Å². The average Bonchev–Trinajstić information content (AvgIpc) is 2.83. The van der Waals surface area contributed by atoms with Crippen molar-refractivity contribution in [3.8, 4) is 0 Å². The van der Waals surface area contributed by atoms with Gasteiger partial charge in [-0.05, 0) is 25.0 Å². The van der Waals surface area contributed by atoms with Crippen LogP contribution in [0.15, 0.2) is 12.1 Å². The number of hydrogen-bond donors (Lipinski definition) is 0. The lowest BCUT2D eigenvalue weighted by Gasteiger charge is -2.27. The maximum absolute atomic E-state index is 6.60. The fourth-order valence-electron chi connectivity index (χ4n) is 4.72. The highest BCUT2D eigenvalue weighted by Crippen LogP contribution is 2.39. The summed E-state index contributed by atoms with van der Waals surface area (Å²) in [6.07, 6.45) is 27.0. The van der Waals surface area contributed by atoms with Crippen molar-refractivity contribution in [2.75, 3.05) is 18.0 Å². The van der Waals surface area contributed by atoms with Crippen LogP contribution in [-0.2, 0) is 0 Å². The number of unbranched alkanes of at least 4 members (excludes halogenated alkanes) is 18. The highest BCUT2D eigenvalue weighted by Gasteiger charge is 2.16. The van der Waals surface area contributed by atoms with Crippen molar-refractivity contribution >= 4 is 40.5 Å². The smallest absolute Gasteiger partial charge is 0.0841 e. The van der Waals surface area contributed by atoms with Gasteiger partial charge in [-0.3, -0.25) is 0 Å². The monoisotopic (exact) mass is 531 g/mol. The molecule has 0 amide bonds. The van der Waals surface area contributed by atoms with E-state index in [1.165, 1.54) is 128 Å². The molecule has 34 heavy (non-hydrogen) atoms. The molecule has 0 aliphatic heterocycles. The van der Waals surface area contributed by atoms with Crippen molar-refractivity contribution in [1.29, 1.82) is 0 Å². The van der Waals surface area contributed by atoms with E-state index in [0.717, 1.165) is 18.8 Å². The van der Waals surface area contributed by atoms with Crippen LogP contribution in [0.3, 0.4) is 0 Å². The van der Waals surface area contributed by atoms with E-state index in [-0.39, 0.29) is 0 Å². The van der Waals surface area contributed by atoms with Crippen LogP contribution in [0.4, 0.5) is 5.69 Å². The zero-order valence-electron chi connectivity index (χ0n) is 22.3. The second-order valence-corrected chi connectivity index (χ2v) is 11.2. The van der Waals surface area contributed by atoms with Gasteiger partial charge in [0.1, 0.15) is 0 Å². The van der Waals surface area contributed by atoms with Crippen molar-refractivity contribution in [3.05, 3.63) is 27.2 Å². The molecular weight excluding hydrogens is 481 g/mol. The Labute approximate surface area is 227 Å². The van der Waals surface area contributed by atoms with Gasteiger partial charge < -0.3 is 4.90 Å². The van der Waals surface area contributed by atoms with Crippen molar-refractivity contribution < 1.29 is 0 Å². The van der Waals surface area contributed by atoms with E-state index in [4.69, 9.17) is 34.8 Å². The number of nitrogens with zero attached hydrogens (tertiary/aromatic N) is 1. The highest BCUT2D eigenvalue weighted by molar-refractivity contribution is 6.46. The van der Waals surface area contributed by atoms with Crippen LogP contribution in [0, 0.1) is 0 Å². The summed E-state index contributed by atoms with van der Waals surface area (Å²) in [6.45, 7) is 6.58. The predicted octanol–water partition coefficient (Wildman–Crippen LogP) is 12.3. The maximum atomic E-state index is 6.60. The van der Waals surface area contributed by atoms with Gasteiger partial charge in [-0.1, -0.05) is 164 Å². The molecule has 1 aromatic carbocycles. The number of anilines is 1. The molecule has 1 nitrogen and oxygen atoms in total. The molecule has 0 aliphatic rings. The quantitative estimate of drug-likeness (QED) is 0.1000. The first-order chi connectivity index (χ1) is 16.6.